The van der Waals surface area contributed by atoms with Crippen molar-refractivity contribution in [3.05, 3.63) is 36.4 Å². The van der Waals surface area contributed by atoms with Gasteiger partial charge in [0.25, 0.3) is 5.91 Å². The van der Waals surface area contributed by atoms with Crippen molar-refractivity contribution in [2.24, 2.45) is 11.8 Å². The van der Waals surface area contributed by atoms with E-state index in [0.29, 0.717) is 12.8 Å². The van der Waals surface area contributed by atoms with Crippen LogP contribution in [0.5, 0.6) is 5.75 Å². The molecular formula is C19H18F2N2O6. The Morgan fingerprint density at radius 3 is 2.21 bits per heavy atom. The summed E-state index contributed by atoms with van der Waals surface area (Å²) in [4.78, 5) is 49.3. The lowest BCUT2D eigenvalue weighted by Gasteiger charge is -2.14. The minimum absolute atomic E-state index is 0.0693. The van der Waals surface area contributed by atoms with Gasteiger partial charge in [-0.15, -0.1) is 0 Å². The van der Waals surface area contributed by atoms with Gasteiger partial charge in [-0.1, -0.05) is 12.2 Å². The van der Waals surface area contributed by atoms with Crippen LogP contribution in [0.15, 0.2) is 36.4 Å². The van der Waals surface area contributed by atoms with Crippen molar-refractivity contribution in [1.29, 1.82) is 0 Å². The maximum atomic E-state index is 12.3. The molecule has 1 saturated heterocycles. The van der Waals surface area contributed by atoms with Crippen LogP contribution >= 0.6 is 0 Å². The zero-order chi connectivity index (χ0) is 21.0. The van der Waals surface area contributed by atoms with Gasteiger partial charge in [-0.25, -0.2) is 0 Å². The SMILES string of the molecule is O=C(COC(=O)CN1C(=O)[C@@H]2CC=CC[C@H]2C1=O)Nc1ccc(OC(F)F)cc1. The predicted octanol–water partition coefficient (Wildman–Crippen LogP) is 1.72. The number of hydrogen-bond donors (Lipinski definition) is 1. The fourth-order valence-corrected chi connectivity index (χ4v) is 3.26. The summed E-state index contributed by atoms with van der Waals surface area (Å²) in [5, 5.41) is 2.41. The number of hydrogen-bond acceptors (Lipinski definition) is 6. The minimum Gasteiger partial charge on any atom is -0.454 e. The van der Waals surface area contributed by atoms with Crippen molar-refractivity contribution in [1.82, 2.24) is 4.90 Å². The summed E-state index contributed by atoms with van der Waals surface area (Å²) in [6.45, 7) is -4.12. The smallest absolute Gasteiger partial charge is 0.387 e. The predicted molar refractivity (Wildman–Crippen MR) is 94.7 cm³/mol. The number of nitrogens with one attached hydrogen (secondary N) is 1. The summed E-state index contributed by atoms with van der Waals surface area (Å²) >= 11 is 0. The molecule has 1 aromatic rings. The summed E-state index contributed by atoms with van der Waals surface area (Å²) in [7, 11) is 0. The first-order valence-corrected chi connectivity index (χ1v) is 8.85. The molecule has 154 valence electrons. The summed E-state index contributed by atoms with van der Waals surface area (Å²) in [5.74, 6) is -3.32. The number of imide groups is 1. The summed E-state index contributed by atoms with van der Waals surface area (Å²) in [5.41, 5.74) is 0.286. The number of carbonyl (C=O) groups excluding carboxylic acids is 4. The van der Waals surface area contributed by atoms with E-state index in [1.807, 2.05) is 12.2 Å². The Labute approximate surface area is 164 Å². The number of esters is 1. The normalized spacial score (nSPS) is 20.6. The lowest BCUT2D eigenvalue weighted by molar-refractivity contribution is -0.154. The fourth-order valence-electron chi connectivity index (χ4n) is 3.26. The van der Waals surface area contributed by atoms with Crippen LogP contribution in [0, 0.1) is 11.8 Å². The molecule has 1 aliphatic carbocycles. The van der Waals surface area contributed by atoms with Crippen molar-refractivity contribution in [3.63, 3.8) is 0 Å². The highest BCUT2D eigenvalue weighted by Gasteiger charge is 2.47. The van der Waals surface area contributed by atoms with E-state index >= 15 is 0 Å². The van der Waals surface area contributed by atoms with E-state index in [2.05, 4.69) is 10.1 Å². The van der Waals surface area contributed by atoms with Crippen LogP contribution in [0.4, 0.5) is 14.5 Å². The maximum Gasteiger partial charge on any atom is 0.387 e. The molecule has 1 N–H and O–H groups in total. The van der Waals surface area contributed by atoms with Crippen LogP contribution in [0.3, 0.4) is 0 Å². The first-order chi connectivity index (χ1) is 13.8. The Kier molecular flexibility index (Phi) is 6.20. The number of allylic oxidation sites excluding steroid dienone is 2. The van der Waals surface area contributed by atoms with Crippen molar-refractivity contribution >= 4 is 29.4 Å². The van der Waals surface area contributed by atoms with Crippen LogP contribution in [-0.4, -0.2) is 48.4 Å². The van der Waals surface area contributed by atoms with Gasteiger partial charge in [0.1, 0.15) is 12.3 Å². The average Bonchev–Trinajstić information content (AvgIpc) is 2.93. The second-order valence-electron chi connectivity index (χ2n) is 6.53. The van der Waals surface area contributed by atoms with Crippen LogP contribution in [0.1, 0.15) is 12.8 Å². The first-order valence-electron chi connectivity index (χ1n) is 8.85. The van der Waals surface area contributed by atoms with E-state index in [4.69, 9.17) is 4.74 Å². The molecule has 3 rings (SSSR count). The molecule has 2 atom stereocenters. The molecular weight excluding hydrogens is 390 g/mol. The van der Waals surface area contributed by atoms with Crippen LogP contribution in [0.2, 0.25) is 0 Å². The van der Waals surface area contributed by atoms with Crippen molar-refractivity contribution in [2.45, 2.75) is 19.5 Å². The Morgan fingerprint density at radius 2 is 1.66 bits per heavy atom. The number of halogens is 2. The number of carbonyl (C=O) groups is 4. The highest BCUT2D eigenvalue weighted by molar-refractivity contribution is 6.07. The van der Waals surface area contributed by atoms with Gasteiger partial charge in [0.15, 0.2) is 6.61 Å². The van der Waals surface area contributed by atoms with E-state index in [-0.39, 0.29) is 11.4 Å². The van der Waals surface area contributed by atoms with E-state index in [9.17, 15) is 28.0 Å². The van der Waals surface area contributed by atoms with Gasteiger partial charge in [0, 0.05) is 5.69 Å². The van der Waals surface area contributed by atoms with Crippen LogP contribution in [-0.2, 0) is 23.9 Å². The number of alkyl halides is 2. The molecule has 29 heavy (non-hydrogen) atoms. The molecule has 2 aliphatic rings. The fraction of sp³-hybridized carbons (Fsp3) is 0.368. The highest BCUT2D eigenvalue weighted by Crippen LogP contribution is 2.34. The summed E-state index contributed by atoms with van der Waals surface area (Å²) < 4.78 is 33.2. The van der Waals surface area contributed by atoms with Gasteiger partial charge < -0.3 is 14.8 Å². The zero-order valence-electron chi connectivity index (χ0n) is 15.2. The number of ether oxygens (including phenoxy) is 2. The zero-order valence-corrected chi connectivity index (χ0v) is 15.2. The third-order valence-corrected chi connectivity index (χ3v) is 4.61. The van der Waals surface area contributed by atoms with Crippen molar-refractivity contribution < 1.29 is 37.4 Å². The third-order valence-electron chi connectivity index (χ3n) is 4.61. The maximum absolute atomic E-state index is 12.3. The number of likely N-dealkylation sites (tertiary alicyclic amines) is 1. The average molecular weight is 408 g/mol. The topological polar surface area (TPSA) is 102 Å². The largest absolute Gasteiger partial charge is 0.454 e. The van der Waals surface area contributed by atoms with Gasteiger partial charge >= 0.3 is 12.6 Å². The first kappa shape index (κ1) is 20.4. The molecule has 0 aromatic heterocycles. The number of benzene rings is 1. The molecule has 3 amide bonds. The lowest BCUT2D eigenvalue weighted by atomic mass is 9.85. The number of anilines is 1. The Hall–Kier alpha value is -3.30. The molecule has 1 heterocycles. The van der Waals surface area contributed by atoms with Gasteiger partial charge in [-0.2, -0.15) is 8.78 Å². The van der Waals surface area contributed by atoms with Gasteiger partial charge in [0.05, 0.1) is 11.8 Å². The monoisotopic (exact) mass is 408 g/mol. The van der Waals surface area contributed by atoms with E-state index in [1.54, 1.807) is 0 Å². The van der Waals surface area contributed by atoms with Crippen molar-refractivity contribution in [2.75, 3.05) is 18.5 Å². The summed E-state index contributed by atoms with van der Waals surface area (Å²) in [6.07, 6.45) is 4.60. The van der Waals surface area contributed by atoms with Crippen LogP contribution in [0.25, 0.3) is 0 Å². The number of rotatable bonds is 7. The van der Waals surface area contributed by atoms with Crippen LogP contribution < -0.4 is 10.1 Å². The lowest BCUT2D eigenvalue weighted by Crippen LogP contribution is -2.37. The quantitative estimate of drug-likeness (QED) is 0.419. The number of fused-ring (bicyclic) bond motifs is 1. The van der Waals surface area contributed by atoms with E-state index in [0.717, 1.165) is 4.90 Å². The second kappa shape index (κ2) is 8.80. The van der Waals surface area contributed by atoms with E-state index < -0.39 is 55.3 Å². The molecule has 0 unspecified atom stereocenters. The molecule has 0 radical (unpaired) electrons. The molecule has 1 aliphatic heterocycles. The molecule has 0 saturated carbocycles. The van der Waals surface area contributed by atoms with E-state index in [1.165, 1.54) is 24.3 Å². The molecule has 0 spiro atoms. The van der Waals surface area contributed by atoms with Crippen molar-refractivity contribution in [3.8, 4) is 5.75 Å². The highest BCUT2D eigenvalue weighted by atomic mass is 19.3. The van der Waals surface area contributed by atoms with Gasteiger partial charge in [-0.05, 0) is 37.1 Å². The van der Waals surface area contributed by atoms with Gasteiger partial charge in [-0.3, -0.25) is 24.1 Å². The Morgan fingerprint density at radius 1 is 1.07 bits per heavy atom. The van der Waals surface area contributed by atoms with Gasteiger partial charge in [0.2, 0.25) is 11.8 Å². The number of amides is 3. The molecule has 1 aromatic carbocycles. The third kappa shape index (κ3) is 4.95. The minimum atomic E-state index is -2.95. The Balaban J connectivity index is 1.45. The summed E-state index contributed by atoms with van der Waals surface area (Å²) in [6, 6.07) is 5.17. The second-order valence-corrected chi connectivity index (χ2v) is 6.53. The molecule has 10 heteroatoms. The molecule has 8 nitrogen and oxygen atoms in total. The Bertz CT molecular complexity index is 814. The molecule has 1 fully saturated rings. The number of nitrogens with zero attached hydrogens (tertiary/aromatic N) is 1. The molecule has 0 bridgehead atoms. The standard InChI is InChI=1S/C19H18F2N2O6/c20-19(21)29-12-7-5-11(6-8-12)22-15(24)10-28-16(25)9-23-17(26)13-3-1-2-4-14(13)18(23)27/h1-2,5-8,13-14,19H,3-4,9-10H2,(H,22,24)/t13-,14-/m1/s1.